The standard InChI is InChI=1S/C22H24N6O/c1-3-27-20-10-9-17(12-16(20)14-23-27)24-22-25-21-19(8-5-11-28(21)26-22)15-6-4-7-18(13-15)29-2/h4-8,11,13-14,17H,3,9-10,12H2,1-2H3,(H,24,26). The van der Waals surface area contributed by atoms with Gasteiger partial charge in [-0.2, -0.15) is 10.1 Å². The average Bonchev–Trinajstić information content (AvgIpc) is 3.36. The molecular weight excluding hydrogens is 364 g/mol. The van der Waals surface area contributed by atoms with Gasteiger partial charge in [0, 0.05) is 30.0 Å². The molecule has 1 atom stereocenters. The van der Waals surface area contributed by atoms with Crippen LogP contribution in [0.1, 0.15) is 24.6 Å². The lowest BCUT2D eigenvalue weighted by Crippen LogP contribution is -2.28. The maximum Gasteiger partial charge on any atom is 0.243 e. The summed E-state index contributed by atoms with van der Waals surface area (Å²) in [5, 5.41) is 12.7. The first-order valence-electron chi connectivity index (χ1n) is 10.0. The van der Waals surface area contributed by atoms with Crippen LogP contribution in [0.25, 0.3) is 16.8 Å². The Labute approximate surface area is 169 Å². The van der Waals surface area contributed by atoms with Crippen LogP contribution >= 0.6 is 0 Å². The lowest BCUT2D eigenvalue weighted by molar-refractivity contribution is 0.415. The highest BCUT2D eigenvalue weighted by atomic mass is 16.5. The molecule has 3 aromatic heterocycles. The molecule has 0 amide bonds. The maximum absolute atomic E-state index is 5.37. The first-order chi connectivity index (χ1) is 14.2. The van der Waals surface area contributed by atoms with Crippen molar-refractivity contribution in [1.29, 1.82) is 0 Å². The lowest BCUT2D eigenvalue weighted by atomic mass is 9.93. The first-order valence-corrected chi connectivity index (χ1v) is 10.0. The number of benzene rings is 1. The fourth-order valence-corrected chi connectivity index (χ4v) is 4.15. The van der Waals surface area contributed by atoms with Crippen molar-refractivity contribution in [3.63, 3.8) is 0 Å². The van der Waals surface area contributed by atoms with Crippen LogP contribution in [0, 0.1) is 0 Å². The summed E-state index contributed by atoms with van der Waals surface area (Å²) >= 11 is 0. The highest BCUT2D eigenvalue weighted by Crippen LogP contribution is 2.28. The van der Waals surface area contributed by atoms with Gasteiger partial charge in [0.15, 0.2) is 5.65 Å². The van der Waals surface area contributed by atoms with Gasteiger partial charge >= 0.3 is 0 Å². The van der Waals surface area contributed by atoms with Crippen LogP contribution in [0.5, 0.6) is 5.75 Å². The minimum absolute atomic E-state index is 0.315. The molecule has 7 nitrogen and oxygen atoms in total. The van der Waals surface area contributed by atoms with Crippen molar-refractivity contribution < 1.29 is 4.74 Å². The maximum atomic E-state index is 5.37. The molecule has 1 aliphatic carbocycles. The van der Waals surface area contributed by atoms with Crippen LogP contribution in [-0.4, -0.2) is 37.5 Å². The van der Waals surface area contributed by atoms with Crippen LogP contribution < -0.4 is 10.1 Å². The number of pyridine rings is 1. The molecule has 3 heterocycles. The summed E-state index contributed by atoms with van der Waals surface area (Å²) in [6.45, 7) is 3.06. The van der Waals surface area contributed by atoms with Crippen LogP contribution in [-0.2, 0) is 19.4 Å². The highest BCUT2D eigenvalue weighted by molar-refractivity contribution is 5.78. The number of aromatic nitrogens is 5. The van der Waals surface area contributed by atoms with E-state index in [-0.39, 0.29) is 0 Å². The Balaban J connectivity index is 1.42. The number of methoxy groups -OCH3 is 1. The summed E-state index contributed by atoms with van der Waals surface area (Å²) in [7, 11) is 1.68. The number of aryl methyl sites for hydroxylation is 1. The largest absolute Gasteiger partial charge is 0.497 e. The van der Waals surface area contributed by atoms with Crippen LogP contribution in [0.4, 0.5) is 5.95 Å². The molecule has 0 aliphatic heterocycles. The number of nitrogens with one attached hydrogen (secondary N) is 1. The molecule has 0 radical (unpaired) electrons. The third-order valence-corrected chi connectivity index (χ3v) is 5.61. The number of ether oxygens (including phenoxy) is 1. The second-order valence-corrected chi connectivity index (χ2v) is 7.37. The van der Waals surface area contributed by atoms with Crippen molar-refractivity contribution in [2.24, 2.45) is 0 Å². The van der Waals surface area contributed by atoms with Crippen molar-refractivity contribution in [2.75, 3.05) is 12.4 Å². The molecule has 0 saturated carbocycles. The number of fused-ring (bicyclic) bond motifs is 2. The van der Waals surface area contributed by atoms with Gasteiger partial charge in [-0.3, -0.25) is 4.68 Å². The summed E-state index contributed by atoms with van der Waals surface area (Å²) in [6, 6.07) is 12.4. The molecule has 1 aliphatic rings. The normalized spacial score (nSPS) is 16.0. The summed E-state index contributed by atoms with van der Waals surface area (Å²) in [4.78, 5) is 4.80. The fourth-order valence-electron chi connectivity index (χ4n) is 4.15. The average molecular weight is 388 g/mol. The third kappa shape index (κ3) is 3.22. The lowest BCUT2D eigenvalue weighted by Gasteiger charge is -2.23. The van der Waals surface area contributed by atoms with E-state index in [0.717, 1.165) is 48.3 Å². The van der Waals surface area contributed by atoms with Gasteiger partial charge in [-0.15, -0.1) is 5.10 Å². The molecule has 29 heavy (non-hydrogen) atoms. The number of rotatable bonds is 5. The molecule has 1 N–H and O–H groups in total. The van der Waals surface area contributed by atoms with Crippen LogP contribution in [0.15, 0.2) is 48.8 Å². The van der Waals surface area contributed by atoms with Gasteiger partial charge in [0.2, 0.25) is 5.95 Å². The number of anilines is 1. The Morgan fingerprint density at radius 3 is 3.03 bits per heavy atom. The van der Waals surface area contributed by atoms with E-state index >= 15 is 0 Å². The van der Waals surface area contributed by atoms with Gasteiger partial charge in [0.05, 0.1) is 13.3 Å². The topological polar surface area (TPSA) is 69.3 Å². The van der Waals surface area contributed by atoms with Gasteiger partial charge < -0.3 is 10.1 Å². The number of hydrogen-bond donors (Lipinski definition) is 1. The van der Waals surface area contributed by atoms with Gasteiger partial charge in [0.25, 0.3) is 0 Å². The quantitative estimate of drug-likeness (QED) is 0.566. The number of hydrogen-bond acceptors (Lipinski definition) is 5. The number of nitrogens with zero attached hydrogens (tertiary/aromatic N) is 5. The first kappa shape index (κ1) is 17.7. The van der Waals surface area contributed by atoms with Gasteiger partial charge in [-0.1, -0.05) is 12.1 Å². The molecule has 4 aromatic rings. The van der Waals surface area contributed by atoms with Crippen molar-refractivity contribution in [1.82, 2.24) is 24.4 Å². The summed E-state index contributed by atoms with van der Waals surface area (Å²) in [5.74, 6) is 1.49. The van der Waals surface area contributed by atoms with E-state index in [1.54, 1.807) is 7.11 Å². The molecule has 1 unspecified atom stereocenters. The van der Waals surface area contributed by atoms with Crippen molar-refractivity contribution >= 4 is 11.6 Å². The monoisotopic (exact) mass is 388 g/mol. The molecule has 0 spiro atoms. The van der Waals surface area contributed by atoms with E-state index in [2.05, 4.69) is 39.3 Å². The van der Waals surface area contributed by atoms with E-state index < -0.39 is 0 Å². The molecule has 0 fully saturated rings. The molecule has 0 saturated heterocycles. The Morgan fingerprint density at radius 1 is 1.24 bits per heavy atom. The van der Waals surface area contributed by atoms with Crippen molar-refractivity contribution in [3.05, 3.63) is 60.0 Å². The predicted molar refractivity (Wildman–Crippen MR) is 112 cm³/mol. The van der Waals surface area contributed by atoms with E-state index in [4.69, 9.17) is 9.72 Å². The predicted octanol–water partition coefficient (Wildman–Crippen LogP) is 3.59. The Bertz CT molecular complexity index is 1160. The SMILES string of the molecule is CCn1ncc2c1CCC(Nc1nc3c(-c4cccc(OC)c4)cccn3n1)C2. The molecule has 1 aromatic carbocycles. The van der Waals surface area contributed by atoms with Gasteiger partial charge in [-0.25, -0.2) is 4.52 Å². The van der Waals surface area contributed by atoms with Crippen molar-refractivity contribution in [3.8, 4) is 16.9 Å². The van der Waals surface area contributed by atoms with Crippen LogP contribution in [0.3, 0.4) is 0 Å². The summed E-state index contributed by atoms with van der Waals surface area (Å²) in [5.41, 5.74) is 5.62. The smallest absolute Gasteiger partial charge is 0.243 e. The van der Waals surface area contributed by atoms with Crippen molar-refractivity contribution in [2.45, 2.75) is 38.8 Å². The zero-order valence-corrected chi connectivity index (χ0v) is 16.7. The molecular formula is C22H24N6O. The molecule has 5 rings (SSSR count). The van der Waals surface area contributed by atoms with Gasteiger partial charge in [-0.05, 0) is 61.6 Å². The minimum atomic E-state index is 0.315. The molecule has 7 heteroatoms. The Hall–Kier alpha value is -3.35. The summed E-state index contributed by atoms with van der Waals surface area (Å²) < 4.78 is 9.31. The van der Waals surface area contributed by atoms with E-state index in [1.807, 2.05) is 41.2 Å². The van der Waals surface area contributed by atoms with E-state index in [0.29, 0.717) is 12.0 Å². The highest BCUT2D eigenvalue weighted by Gasteiger charge is 2.23. The Morgan fingerprint density at radius 2 is 2.17 bits per heavy atom. The zero-order valence-electron chi connectivity index (χ0n) is 16.7. The van der Waals surface area contributed by atoms with E-state index in [9.17, 15) is 0 Å². The van der Waals surface area contributed by atoms with E-state index in [1.165, 1.54) is 11.3 Å². The fraction of sp³-hybridized carbons (Fsp3) is 0.318. The second-order valence-electron chi connectivity index (χ2n) is 7.37. The molecule has 0 bridgehead atoms. The zero-order chi connectivity index (χ0) is 19.8. The van der Waals surface area contributed by atoms with Crippen LogP contribution in [0.2, 0.25) is 0 Å². The summed E-state index contributed by atoms with van der Waals surface area (Å²) in [6.07, 6.45) is 6.97. The molecule has 148 valence electrons. The third-order valence-electron chi connectivity index (χ3n) is 5.61. The Kier molecular flexibility index (Phi) is 4.42. The minimum Gasteiger partial charge on any atom is -0.497 e. The van der Waals surface area contributed by atoms with Gasteiger partial charge in [0.1, 0.15) is 5.75 Å². The second kappa shape index (κ2) is 7.24.